The van der Waals surface area contributed by atoms with E-state index < -0.39 is 6.10 Å². The minimum Gasteiger partial charge on any atom is -0.508 e. The summed E-state index contributed by atoms with van der Waals surface area (Å²) in [6.45, 7) is 0. The normalized spacial score (nSPS) is 20.1. The van der Waals surface area contributed by atoms with Crippen LogP contribution in [0.2, 0.25) is 0 Å². The highest BCUT2D eigenvalue weighted by Crippen LogP contribution is 2.35. The topological polar surface area (TPSA) is 80.9 Å². The predicted molar refractivity (Wildman–Crippen MR) is 50.1 cm³/mol. The molecule has 2 rings (SSSR count). The standard InChI is InChI=1S/C10H10O4/c11-6-1-5-2-7(12)4-9(14)10(5)8(13)3-6/h1,3-4,7,11-14H,2H2. The second kappa shape index (κ2) is 2.92. The van der Waals surface area contributed by atoms with Crippen LogP contribution in [0.15, 0.2) is 18.2 Å². The van der Waals surface area contributed by atoms with Gasteiger partial charge in [0.15, 0.2) is 0 Å². The van der Waals surface area contributed by atoms with Gasteiger partial charge in [-0.25, -0.2) is 0 Å². The van der Waals surface area contributed by atoms with Crippen molar-refractivity contribution in [3.05, 3.63) is 29.3 Å². The van der Waals surface area contributed by atoms with Gasteiger partial charge in [0.05, 0.1) is 11.7 Å². The molecule has 1 atom stereocenters. The zero-order chi connectivity index (χ0) is 10.3. The van der Waals surface area contributed by atoms with Gasteiger partial charge in [-0.3, -0.25) is 0 Å². The molecular weight excluding hydrogens is 184 g/mol. The molecule has 4 heteroatoms. The maximum atomic E-state index is 9.46. The van der Waals surface area contributed by atoms with Crippen molar-refractivity contribution in [1.29, 1.82) is 0 Å². The molecule has 0 fully saturated rings. The molecule has 0 saturated carbocycles. The molecule has 4 nitrogen and oxygen atoms in total. The van der Waals surface area contributed by atoms with Gasteiger partial charge < -0.3 is 20.4 Å². The summed E-state index contributed by atoms with van der Waals surface area (Å²) >= 11 is 0. The molecule has 0 bridgehead atoms. The molecule has 0 radical (unpaired) electrons. The summed E-state index contributed by atoms with van der Waals surface area (Å²) in [7, 11) is 0. The summed E-state index contributed by atoms with van der Waals surface area (Å²) in [5, 5.41) is 37.4. The predicted octanol–water partition coefficient (Wildman–Crippen LogP) is 0.914. The summed E-state index contributed by atoms with van der Waals surface area (Å²) in [6, 6.07) is 2.57. The Hall–Kier alpha value is -1.68. The molecule has 0 aromatic heterocycles. The van der Waals surface area contributed by atoms with Crippen LogP contribution in [0.4, 0.5) is 0 Å². The number of fused-ring (bicyclic) bond motifs is 1. The number of hydrogen-bond donors (Lipinski definition) is 4. The van der Waals surface area contributed by atoms with Gasteiger partial charge in [0.1, 0.15) is 17.3 Å². The van der Waals surface area contributed by atoms with Gasteiger partial charge in [-0.15, -0.1) is 0 Å². The van der Waals surface area contributed by atoms with Crippen LogP contribution in [-0.2, 0) is 6.42 Å². The summed E-state index contributed by atoms with van der Waals surface area (Å²) in [5.41, 5.74) is 0.822. The van der Waals surface area contributed by atoms with E-state index in [2.05, 4.69) is 0 Å². The number of phenolic OH excluding ortho intramolecular Hbond substituents is 2. The first kappa shape index (κ1) is 8.90. The summed E-state index contributed by atoms with van der Waals surface area (Å²) in [4.78, 5) is 0. The third-order valence-electron chi connectivity index (χ3n) is 2.22. The SMILES string of the molecule is OC1=CC(O)Cc2cc(O)cc(O)c21. The molecule has 14 heavy (non-hydrogen) atoms. The molecule has 1 aliphatic carbocycles. The van der Waals surface area contributed by atoms with E-state index in [0.717, 1.165) is 6.07 Å². The second-order valence-corrected chi connectivity index (χ2v) is 3.32. The first-order valence-electron chi connectivity index (χ1n) is 4.22. The zero-order valence-corrected chi connectivity index (χ0v) is 7.31. The molecule has 0 heterocycles. The van der Waals surface area contributed by atoms with Crippen molar-refractivity contribution >= 4 is 5.76 Å². The highest BCUT2D eigenvalue weighted by molar-refractivity contribution is 5.71. The van der Waals surface area contributed by atoms with Crippen molar-refractivity contribution in [1.82, 2.24) is 0 Å². The molecule has 1 aliphatic rings. The van der Waals surface area contributed by atoms with Gasteiger partial charge in [-0.1, -0.05) is 0 Å². The zero-order valence-electron chi connectivity index (χ0n) is 7.31. The van der Waals surface area contributed by atoms with E-state index >= 15 is 0 Å². The third kappa shape index (κ3) is 1.29. The van der Waals surface area contributed by atoms with Crippen molar-refractivity contribution in [2.45, 2.75) is 12.5 Å². The van der Waals surface area contributed by atoms with Gasteiger partial charge in [0, 0.05) is 12.5 Å². The molecule has 1 aromatic carbocycles. The van der Waals surface area contributed by atoms with Gasteiger partial charge in [-0.05, 0) is 17.7 Å². The Bertz CT molecular complexity index is 409. The van der Waals surface area contributed by atoms with Gasteiger partial charge in [0.2, 0.25) is 0 Å². The largest absolute Gasteiger partial charge is 0.508 e. The number of benzene rings is 1. The van der Waals surface area contributed by atoms with Crippen molar-refractivity contribution in [2.75, 3.05) is 0 Å². The lowest BCUT2D eigenvalue weighted by atomic mass is 9.93. The third-order valence-corrected chi connectivity index (χ3v) is 2.22. The molecule has 1 unspecified atom stereocenters. The number of hydrogen-bond acceptors (Lipinski definition) is 4. The van der Waals surface area contributed by atoms with Crippen LogP contribution in [-0.4, -0.2) is 26.5 Å². The van der Waals surface area contributed by atoms with Gasteiger partial charge in [0.25, 0.3) is 0 Å². The van der Waals surface area contributed by atoms with Crippen molar-refractivity contribution in [3.8, 4) is 11.5 Å². The van der Waals surface area contributed by atoms with E-state index in [9.17, 15) is 20.4 Å². The average molecular weight is 194 g/mol. The molecule has 4 N–H and O–H groups in total. The molecule has 0 aliphatic heterocycles. The van der Waals surface area contributed by atoms with Crippen LogP contribution in [0.5, 0.6) is 11.5 Å². The van der Waals surface area contributed by atoms with E-state index in [0.29, 0.717) is 5.56 Å². The molecule has 0 spiro atoms. The molecule has 0 saturated heterocycles. The van der Waals surface area contributed by atoms with E-state index in [-0.39, 0.29) is 29.2 Å². The van der Waals surface area contributed by atoms with E-state index in [4.69, 9.17) is 0 Å². The summed E-state index contributed by atoms with van der Waals surface area (Å²) in [5.74, 6) is -0.417. The van der Waals surface area contributed by atoms with Crippen LogP contribution in [0.25, 0.3) is 5.76 Å². The number of aromatic hydroxyl groups is 2. The lowest BCUT2D eigenvalue weighted by Gasteiger charge is -2.18. The van der Waals surface area contributed by atoms with E-state index in [1.165, 1.54) is 12.1 Å². The molecular formula is C10H10O4. The maximum absolute atomic E-state index is 9.46. The van der Waals surface area contributed by atoms with E-state index in [1.807, 2.05) is 0 Å². The Labute approximate surface area is 80.4 Å². The fourth-order valence-electron chi connectivity index (χ4n) is 1.68. The van der Waals surface area contributed by atoms with Crippen LogP contribution in [0, 0.1) is 0 Å². The smallest absolute Gasteiger partial charge is 0.130 e. The number of phenols is 2. The Kier molecular flexibility index (Phi) is 1.86. The van der Waals surface area contributed by atoms with Crippen molar-refractivity contribution in [2.24, 2.45) is 0 Å². The maximum Gasteiger partial charge on any atom is 0.130 e. The molecule has 74 valence electrons. The lowest BCUT2D eigenvalue weighted by molar-refractivity contribution is 0.219. The summed E-state index contributed by atoms with van der Waals surface area (Å²) < 4.78 is 0. The summed E-state index contributed by atoms with van der Waals surface area (Å²) in [6.07, 6.45) is 0.768. The highest BCUT2D eigenvalue weighted by atomic mass is 16.3. The Morgan fingerprint density at radius 3 is 2.57 bits per heavy atom. The fraction of sp³-hybridized carbons (Fsp3) is 0.200. The van der Waals surface area contributed by atoms with Gasteiger partial charge >= 0.3 is 0 Å². The Morgan fingerprint density at radius 1 is 1.14 bits per heavy atom. The van der Waals surface area contributed by atoms with Crippen LogP contribution in [0.1, 0.15) is 11.1 Å². The number of rotatable bonds is 0. The molecule has 1 aromatic rings. The first-order chi connectivity index (χ1) is 6.58. The minimum absolute atomic E-state index is 0.0804. The molecule has 0 amide bonds. The second-order valence-electron chi connectivity index (χ2n) is 3.32. The first-order valence-corrected chi connectivity index (χ1v) is 4.22. The van der Waals surface area contributed by atoms with Crippen LogP contribution in [0.3, 0.4) is 0 Å². The quantitative estimate of drug-likeness (QED) is 0.495. The highest BCUT2D eigenvalue weighted by Gasteiger charge is 2.21. The Balaban J connectivity index is 2.63. The average Bonchev–Trinajstić information content (AvgIpc) is 1.99. The number of aliphatic hydroxyl groups excluding tert-OH is 2. The van der Waals surface area contributed by atoms with Gasteiger partial charge in [-0.2, -0.15) is 0 Å². The Morgan fingerprint density at radius 2 is 1.86 bits per heavy atom. The van der Waals surface area contributed by atoms with Crippen molar-refractivity contribution < 1.29 is 20.4 Å². The van der Waals surface area contributed by atoms with Crippen molar-refractivity contribution in [3.63, 3.8) is 0 Å². The fourth-order valence-corrected chi connectivity index (χ4v) is 1.68. The van der Waals surface area contributed by atoms with Crippen LogP contribution >= 0.6 is 0 Å². The monoisotopic (exact) mass is 194 g/mol. The lowest BCUT2D eigenvalue weighted by Crippen LogP contribution is -2.14. The van der Waals surface area contributed by atoms with E-state index in [1.54, 1.807) is 0 Å². The van der Waals surface area contributed by atoms with Crippen LogP contribution < -0.4 is 0 Å². The number of aliphatic hydroxyl groups is 2. The minimum atomic E-state index is -0.774.